The average Bonchev–Trinajstić information content (AvgIpc) is 3.71. The molecule has 10 aromatic rings. The molecule has 0 saturated carbocycles. The Morgan fingerprint density at radius 3 is 2.08 bits per heavy atom. The Labute approximate surface area is 286 Å². The molecule has 0 atom stereocenters. The largest absolute Gasteiger partial charge is 0.455 e. The fraction of sp³-hybridized carbons (Fsp3) is 0. The zero-order valence-corrected chi connectivity index (χ0v) is 26.7. The molecule has 0 spiro atoms. The lowest BCUT2D eigenvalue weighted by Gasteiger charge is -2.13. The van der Waals surface area contributed by atoms with Gasteiger partial charge >= 0.3 is 0 Å². The first kappa shape index (κ1) is 28.0. The van der Waals surface area contributed by atoms with E-state index in [-0.39, 0.29) is 0 Å². The number of fused-ring (bicyclic) bond motifs is 7. The highest BCUT2D eigenvalue weighted by atomic mass is 16.3. The summed E-state index contributed by atoms with van der Waals surface area (Å²) in [6, 6.07) is 56.2. The second-order valence-corrected chi connectivity index (χ2v) is 12.5. The van der Waals surface area contributed by atoms with Gasteiger partial charge in [0.25, 0.3) is 0 Å². The minimum absolute atomic E-state index is 0.402. The Bertz CT molecular complexity index is 2990. The van der Waals surface area contributed by atoms with Gasteiger partial charge in [0.1, 0.15) is 22.8 Å². The summed E-state index contributed by atoms with van der Waals surface area (Å²) < 4.78 is 9.09. The molecule has 0 aliphatic heterocycles. The van der Waals surface area contributed by atoms with Gasteiger partial charge < -0.3 is 8.98 Å². The number of benzene rings is 7. The molecule has 0 aliphatic carbocycles. The first-order valence-electron chi connectivity index (χ1n) is 16.6. The molecule has 0 unspecified atom stereocenters. The molecule has 232 valence electrons. The van der Waals surface area contributed by atoms with Crippen LogP contribution in [0.15, 0.2) is 162 Å². The van der Waals surface area contributed by atoms with Gasteiger partial charge in [-0.25, -0.2) is 9.97 Å². The van der Waals surface area contributed by atoms with E-state index in [1.54, 1.807) is 0 Å². The SMILES string of the molecule is N#Cc1c(-c2ccc3ccccc3c2)nc(-c2ccccc2)nc1-c1cccc2c1oc1cc3c(cc12)c1ccccc1n3-c1ccccc1. The highest BCUT2D eigenvalue weighted by Gasteiger charge is 2.23. The predicted molar refractivity (Wildman–Crippen MR) is 202 cm³/mol. The van der Waals surface area contributed by atoms with Crippen molar-refractivity contribution < 1.29 is 4.42 Å². The van der Waals surface area contributed by atoms with Crippen LogP contribution in [0, 0.1) is 11.3 Å². The number of furan rings is 1. The van der Waals surface area contributed by atoms with Crippen LogP contribution in [0.1, 0.15) is 5.56 Å². The van der Waals surface area contributed by atoms with E-state index < -0.39 is 0 Å². The molecule has 0 aliphatic rings. The maximum Gasteiger partial charge on any atom is 0.160 e. The summed E-state index contributed by atoms with van der Waals surface area (Å²) >= 11 is 0. The molecule has 0 saturated heterocycles. The van der Waals surface area contributed by atoms with E-state index in [0.29, 0.717) is 28.4 Å². The first-order chi connectivity index (χ1) is 24.7. The van der Waals surface area contributed by atoms with Crippen LogP contribution in [0.25, 0.3) is 94.1 Å². The number of hydrogen-bond acceptors (Lipinski definition) is 4. The number of rotatable bonds is 4. The third-order valence-electron chi connectivity index (χ3n) is 9.64. The topological polar surface area (TPSA) is 67.6 Å². The Balaban J connectivity index is 1.26. The quantitative estimate of drug-likeness (QED) is 0.192. The van der Waals surface area contributed by atoms with Gasteiger partial charge in [-0.15, -0.1) is 0 Å². The minimum atomic E-state index is 0.402. The molecule has 10 rings (SSSR count). The third kappa shape index (κ3) is 4.26. The Morgan fingerprint density at radius 2 is 1.24 bits per heavy atom. The van der Waals surface area contributed by atoms with Crippen LogP contribution < -0.4 is 0 Å². The average molecular weight is 639 g/mol. The van der Waals surface area contributed by atoms with Crippen molar-refractivity contribution in [1.29, 1.82) is 5.26 Å². The minimum Gasteiger partial charge on any atom is -0.455 e. The lowest BCUT2D eigenvalue weighted by atomic mass is 9.97. The van der Waals surface area contributed by atoms with E-state index in [4.69, 9.17) is 14.4 Å². The van der Waals surface area contributed by atoms with Crippen molar-refractivity contribution in [3.63, 3.8) is 0 Å². The molecule has 0 radical (unpaired) electrons. The van der Waals surface area contributed by atoms with Gasteiger partial charge in [-0.1, -0.05) is 115 Å². The molecule has 0 fully saturated rings. The van der Waals surface area contributed by atoms with E-state index >= 15 is 0 Å². The Morgan fingerprint density at radius 1 is 0.520 bits per heavy atom. The molecule has 0 bridgehead atoms. The Hall–Kier alpha value is -7.03. The second kappa shape index (κ2) is 11.0. The molecule has 0 amide bonds. The number of aromatic nitrogens is 3. The van der Waals surface area contributed by atoms with Gasteiger partial charge in [0.15, 0.2) is 5.82 Å². The summed E-state index contributed by atoms with van der Waals surface area (Å²) in [7, 11) is 0. The highest BCUT2D eigenvalue weighted by Crippen LogP contribution is 2.42. The molecule has 5 heteroatoms. The van der Waals surface area contributed by atoms with E-state index in [2.05, 4.69) is 102 Å². The lowest BCUT2D eigenvalue weighted by molar-refractivity contribution is 0.670. The van der Waals surface area contributed by atoms with Crippen LogP contribution in [0.5, 0.6) is 0 Å². The molecule has 0 N–H and O–H groups in total. The zero-order chi connectivity index (χ0) is 33.2. The van der Waals surface area contributed by atoms with Crippen molar-refractivity contribution >= 4 is 54.5 Å². The summed E-state index contributed by atoms with van der Waals surface area (Å²) in [5.41, 5.74) is 8.75. The van der Waals surface area contributed by atoms with Gasteiger partial charge in [-0.2, -0.15) is 5.26 Å². The van der Waals surface area contributed by atoms with Crippen molar-refractivity contribution in [2.24, 2.45) is 0 Å². The second-order valence-electron chi connectivity index (χ2n) is 12.5. The van der Waals surface area contributed by atoms with Crippen LogP contribution in [0.4, 0.5) is 0 Å². The first-order valence-corrected chi connectivity index (χ1v) is 16.6. The fourth-order valence-electron chi connectivity index (χ4n) is 7.33. The molecule has 50 heavy (non-hydrogen) atoms. The normalized spacial score (nSPS) is 11.6. The summed E-state index contributed by atoms with van der Waals surface area (Å²) in [5.74, 6) is 0.546. The third-order valence-corrected chi connectivity index (χ3v) is 9.64. The number of nitrogens with zero attached hydrogens (tertiary/aromatic N) is 4. The van der Waals surface area contributed by atoms with Crippen molar-refractivity contribution in [1.82, 2.24) is 14.5 Å². The smallest absolute Gasteiger partial charge is 0.160 e. The number of nitriles is 1. The maximum atomic E-state index is 10.8. The van der Waals surface area contributed by atoms with Crippen molar-refractivity contribution in [3.8, 4) is 45.7 Å². The summed E-state index contributed by atoms with van der Waals surface area (Å²) in [6.45, 7) is 0. The van der Waals surface area contributed by atoms with E-state index in [0.717, 1.165) is 65.9 Å². The van der Waals surface area contributed by atoms with Crippen LogP contribution >= 0.6 is 0 Å². The van der Waals surface area contributed by atoms with Crippen LogP contribution in [0.2, 0.25) is 0 Å². The molecule has 3 aromatic heterocycles. The van der Waals surface area contributed by atoms with Gasteiger partial charge in [-0.05, 0) is 47.2 Å². The monoisotopic (exact) mass is 638 g/mol. The van der Waals surface area contributed by atoms with Gasteiger partial charge in [0, 0.05) is 50.0 Å². The zero-order valence-electron chi connectivity index (χ0n) is 26.7. The number of para-hydroxylation sites is 3. The van der Waals surface area contributed by atoms with Gasteiger partial charge in [-0.3, -0.25) is 0 Å². The molecule has 7 aromatic carbocycles. The highest BCUT2D eigenvalue weighted by molar-refractivity contribution is 6.18. The Kier molecular flexibility index (Phi) is 6.17. The predicted octanol–water partition coefficient (Wildman–Crippen LogP) is 11.5. The lowest BCUT2D eigenvalue weighted by Crippen LogP contribution is -2.01. The molecule has 3 heterocycles. The standard InChI is InChI=1S/C45H26N4O/c46-27-38-42(31-23-22-28-12-7-8-15-30(28)24-31)47-45(29-13-3-1-4-14-29)48-43(38)35-20-11-19-34-37-25-36-33-18-9-10-21-39(33)49(32-16-5-2-6-17-32)40(36)26-41(37)50-44(34)35/h1-26H. The van der Waals surface area contributed by atoms with Crippen molar-refractivity contribution in [2.75, 3.05) is 0 Å². The molecule has 5 nitrogen and oxygen atoms in total. The molecular weight excluding hydrogens is 613 g/mol. The van der Waals surface area contributed by atoms with E-state index in [1.807, 2.05) is 66.7 Å². The van der Waals surface area contributed by atoms with E-state index in [1.165, 1.54) is 5.39 Å². The van der Waals surface area contributed by atoms with Gasteiger partial charge in [0.05, 0.1) is 22.4 Å². The van der Waals surface area contributed by atoms with Gasteiger partial charge in [0.2, 0.25) is 0 Å². The van der Waals surface area contributed by atoms with Crippen molar-refractivity contribution in [3.05, 3.63) is 163 Å². The summed E-state index contributed by atoms with van der Waals surface area (Å²) in [6.07, 6.45) is 0. The summed E-state index contributed by atoms with van der Waals surface area (Å²) in [5, 5.41) is 17.3. The number of hydrogen-bond donors (Lipinski definition) is 0. The van der Waals surface area contributed by atoms with Crippen molar-refractivity contribution in [2.45, 2.75) is 0 Å². The summed E-state index contributed by atoms with van der Waals surface area (Å²) in [4.78, 5) is 10.1. The van der Waals surface area contributed by atoms with Crippen LogP contribution in [-0.4, -0.2) is 14.5 Å². The maximum absolute atomic E-state index is 10.8. The fourth-order valence-corrected chi connectivity index (χ4v) is 7.33. The van der Waals surface area contributed by atoms with Crippen LogP contribution in [-0.2, 0) is 0 Å². The van der Waals surface area contributed by atoms with E-state index in [9.17, 15) is 5.26 Å². The van der Waals surface area contributed by atoms with Crippen LogP contribution in [0.3, 0.4) is 0 Å². The molecular formula is C45H26N4O.